The van der Waals surface area contributed by atoms with E-state index in [-0.39, 0.29) is 16.7 Å². The van der Waals surface area contributed by atoms with Gasteiger partial charge in [0.1, 0.15) is 5.69 Å². The summed E-state index contributed by atoms with van der Waals surface area (Å²) in [6.45, 7) is 3.53. The summed E-state index contributed by atoms with van der Waals surface area (Å²) >= 11 is 0. The number of rotatable bonds is 4. The minimum absolute atomic E-state index is 0.0373. The summed E-state index contributed by atoms with van der Waals surface area (Å²) in [4.78, 5) is 12.9. The van der Waals surface area contributed by atoms with Crippen molar-refractivity contribution >= 4 is 11.4 Å². The molecule has 2 unspecified atom stereocenters. The molecule has 1 aromatic carbocycles. The molecule has 1 heterocycles. The van der Waals surface area contributed by atoms with Crippen molar-refractivity contribution in [3.05, 3.63) is 28.3 Å². The molecule has 0 spiro atoms. The third-order valence-electron chi connectivity index (χ3n) is 3.69. The number of nitrogens with two attached hydrogens (primary N) is 1. The molecule has 6 nitrogen and oxygen atoms in total. The molecule has 0 amide bonds. The molecular formula is C13H19N3O3. The lowest BCUT2D eigenvalue weighted by atomic mass is 10.0. The predicted molar refractivity (Wildman–Crippen MR) is 73.6 cm³/mol. The second-order valence-electron chi connectivity index (χ2n) is 4.94. The number of nitro benzene ring substituents is 1. The van der Waals surface area contributed by atoms with E-state index < -0.39 is 0 Å². The van der Waals surface area contributed by atoms with E-state index in [9.17, 15) is 10.1 Å². The Morgan fingerprint density at radius 1 is 1.58 bits per heavy atom. The van der Waals surface area contributed by atoms with Gasteiger partial charge in [0.25, 0.3) is 0 Å². The third-order valence-corrected chi connectivity index (χ3v) is 3.69. The minimum Gasteiger partial charge on any atom is -0.490 e. The molecule has 104 valence electrons. The van der Waals surface area contributed by atoms with Crippen LogP contribution in [-0.2, 0) is 0 Å². The molecule has 2 N–H and O–H groups in total. The number of anilines is 1. The zero-order chi connectivity index (χ0) is 14.0. The smallest absolute Gasteiger partial charge is 0.333 e. The number of para-hydroxylation sites is 1. The van der Waals surface area contributed by atoms with E-state index in [0.29, 0.717) is 17.4 Å². The van der Waals surface area contributed by atoms with E-state index in [1.807, 2.05) is 11.8 Å². The van der Waals surface area contributed by atoms with Gasteiger partial charge in [-0.25, -0.2) is 0 Å². The first-order chi connectivity index (χ1) is 9.04. The number of hydrogen-bond acceptors (Lipinski definition) is 5. The summed E-state index contributed by atoms with van der Waals surface area (Å²) in [5.41, 5.74) is 6.56. The Labute approximate surface area is 112 Å². The number of nitro groups is 1. The second kappa shape index (κ2) is 5.44. The lowest BCUT2D eigenvalue weighted by Gasteiger charge is -2.20. The van der Waals surface area contributed by atoms with Crippen molar-refractivity contribution < 1.29 is 9.66 Å². The van der Waals surface area contributed by atoms with Crippen molar-refractivity contribution in [3.8, 4) is 5.75 Å². The van der Waals surface area contributed by atoms with E-state index in [1.54, 1.807) is 18.2 Å². The molecule has 2 rings (SSSR count). The van der Waals surface area contributed by atoms with E-state index in [0.717, 1.165) is 19.5 Å². The quantitative estimate of drug-likeness (QED) is 0.663. The topological polar surface area (TPSA) is 81.6 Å². The van der Waals surface area contributed by atoms with Crippen molar-refractivity contribution in [2.45, 2.75) is 19.4 Å². The highest BCUT2D eigenvalue weighted by Crippen LogP contribution is 2.39. The Kier molecular flexibility index (Phi) is 3.90. The van der Waals surface area contributed by atoms with Crippen molar-refractivity contribution in [2.75, 3.05) is 25.1 Å². The van der Waals surface area contributed by atoms with Gasteiger partial charge < -0.3 is 15.4 Å². The first kappa shape index (κ1) is 13.6. The molecule has 0 bridgehead atoms. The summed E-state index contributed by atoms with van der Waals surface area (Å²) in [6.07, 6.45) is 0.964. The highest BCUT2D eigenvalue weighted by molar-refractivity contribution is 5.70. The van der Waals surface area contributed by atoms with Gasteiger partial charge in [0.2, 0.25) is 0 Å². The predicted octanol–water partition coefficient (Wildman–Crippen LogP) is 1.78. The van der Waals surface area contributed by atoms with Gasteiger partial charge in [-0.15, -0.1) is 0 Å². The Hall–Kier alpha value is -1.82. The van der Waals surface area contributed by atoms with Gasteiger partial charge in [0, 0.05) is 19.1 Å². The second-order valence-corrected chi connectivity index (χ2v) is 4.94. The zero-order valence-electron chi connectivity index (χ0n) is 11.2. The number of nitrogens with zero attached hydrogens (tertiary/aromatic N) is 2. The fourth-order valence-electron chi connectivity index (χ4n) is 2.55. The maximum absolute atomic E-state index is 11.2. The van der Waals surface area contributed by atoms with Gasteiger partial charge in [-0.1, -0.05) is 6.07 Å². The Morgan fingerprint density at radius 3 is 2.84 bits per heavy atom. The monoisotopic (exact) mass is 265 g/mol. The molecule has 0 aliphatic carbocycles. The fourth-order valence-corrected chi connectivity index (χ4v) is 2.55. The molecule has 0 saturated carbocycles. The molecule has 1 saturated heterocycles. The van der Waals surface area contributed by atoms with Crippen molar-refractivity contribution in [1.29, 1.82) is 0 Å². The molecule has 6 heteroatoms. The Bertz CT molecular complexity index is 476. The largest absolute Gasteiger partial charge is 0.490 e. The standard InChI is InChI=1S/C13H19N3O3/c1-9(14)10-6-7-15(8-10)11-4-3-5-12(19-2)13(11)16(17)18/h3-5,9-10H,6-8,14H2,1-2H3. The van der Waals surface area contributed by atoms with Gasteiger partial charge in [-0.2, -0.15) is 0 Å². The Balaban J connectivity index is 2.33. The number of benzene rings is 1. The van der Waals surface area contributed by atoms with Crippen LogP contribution in [0.2, 0.25) is 0 Å². The maximum atomic E-state index is 11.2. The van der Waals surface area contributed by atoms with Crippen molar-refractivity contribution in [3.63, 3.8) is 0 Å². The van der Waals surface area contributed by atoms with E-state index in [2.05, 4.69) is 0 Å². The molecule has 1 aliphatic heterocycles. The van der Waals surface area contributed by atoms with Gasteiger partial charge in [-0.3, -0.25) is 10.1 Å². The number of methoxy groups -OCH3 is 1. The molecule has 1 aromatic rings. The highest BCUT2D eigenvalue weighted by Gasteiger charge is 2.31. The molecular weight excluding hydrogens is 246 g/mol. The van der Waals surface area contributed by atoms with Crippen molar-refractivity contribution in [1.82, 2.24) is 0 Å². The van der Waals surface area contributed by atoms with Crippen LogP contribution < -0.4 is 15.4 Å². The van der Waals surface area contributed by atoms with E-state index in [1.165, 1.54) is 7.11 Å². The zero-order valence-corrected chi connectivity index (χ0v) is 11.2. The van der Waals surface area contributed by atoms with Gasteiger partial charge in [0.05, 0.1) is 12.0 Å². The van der Waals surface area contributed by atoms with Crippen LogP contribution in [0.1, 0.15) is 13.3 Å². The van der Waals surface area contributed by atoms with Crippen LogP contribution >= 0.6 is 0 Å². The Morgan fingerprint density at radius 2 is 2.32 bits per heavy atom. The van der Waals surface area contributed by atoms with Crippen LogP contribution in [0.3, 0.4) is 0 Å². The molecule has 1 aliphatic rings. The summed E-state index contributed by atoms with van der Waals surface area (Å²) < 4.78 is 5.09. The summed E-state index contributed by atoms with van der Waals surface area (Å²) in [6, 6.07) is 5.26. The molecule has 0 radical (unpaired) electrons. The maximum Gasteiger partial charge on any atom is 0.333 e. The lowest BCUT2D eigenvalue weighted by molar-refractivity contribution is -0.385. The first-order valence-corrected chi connectivity index (χ1v) is 6.36. The van der Waals surface area contributed by atoms with Crippen molar-refractivity contribution in [2.24, 2.45) is 11.7 Å². The molecule has 1 fully saturated rings. The third kappa shape index (κ3) is 2.63. The normalized spacial score (nSPS) is 20.4. The van der Waals surface area contributed by atoms with Crippen LogP contribution in [0, 0.1) is 16.0 Å². The number of hydrogen-bond donors (Lipinski definition) is 1. The average molecular weight is 265 g/mol. The summed E-state index contributed by atoms with van der Waals surface area (Å²) in [7, 11) is 1.45. The lowest BCUT2D eigenvalue weighted by Crippen LogP contribution is -2.29. The van der Waals surface area contributed by atoms with E-state index >= 15 is 0 Å². The first-order valence-electron chi connectivity index (χ1n) is 6.36. The van der Waals surface area contributed by atoms with Crippen LogP contribution in [0.25, 0.3) is 0 Å². The summed E-state index contributed by atoms with van der Waals surface area (Å²) in [5, 5.41) is 11.2. The molecule has 2 atom stereocenters. The van der Waals surface area contributed by atoms with Gasteiger partial charge >= 0.3 is 5.69 Å². The number of ether oxygens (including phenoxy) is 1. The minimum atomic E-state index is -0.382. The molecule has 0 aromatic heterocycles. The molecule has 19 heavy (non-hydrogen) atoms. The van der Waals surface area contributed by atoms with E-state index in [4.69, 9.17) is 10.5 Å². The van der Waals surface area contributed by atoms with Crippen LogP contribution in [0.5, 0.6) is 5.75 Å². The van der Waals surface area contributed by atoms with Crippen LogP contribution in [0.15, 0.2) is 18.2 Å². The average Bonchev–Trinajstić information content (AvgIpc) is 2.87. The van der Waals surface area contributed by atoms with Crippen LogP contribution in [-0.4, -0.2) is 31.2 Å². The van der Waals surface area contributed by atoms with Gasteiger partial charge in [0.15, 0.2) is 5.75 Å². The SMILES string of the molecule is COc1cccc(N2CCC(C(C)N)C2)c1[N+](=O)[O-]. The van der Waals surface area contributed by atoms with Gasteiger partial charge in [-0.05, 0) is 31.4 Å². The van der Waals surface area contributed by atoms with Crippen LogP contribution in [0.4, 0.5) is 11.4 Å². The summed E-state index contributed by atoms with van der Waals surface area (Å²) in [5.74, 6) is 0.678. The highest BCUT2D eigenvalue weighted by atomic mass is 16.6. The fraction of sp³-hybridized carbons (Fsp3) is 0.538.